The molecule has 0 bridgehead atoms. The lowest BCUT2D eigenvalue weighted by Crippen LogP contribution is -2.47. The zero-order valence-corrected chi connectivity index (χ0v) is 16.8. The average Bonchev–Trinajstić information content (AvgIpc) is 2.84. The molecule has 7 nitrogen and oxygen atoms in total. The van der Waals surface area contributed by atoms with Crippen LogP contribution >= 0.6 is 0 Å². The highest BCUT2D eigenvalue weighted by Gasteiger charge is 2.48. The molecule has 0 spiro atoms. The highest BCUT2D eigenvalue weighted by atomic mass is 32.2. The van der Waals surface area contributed by atoms with Gasteiger partial charge in [-0.2, -0.15) is 21.6 Å². The van der Waals surface area contributed by atoms with Crippen molar-refractivity contribution in [3.63, 3.8) is 0 Å². The van der Waals surface area contributed by atoms with Gasteiger partial charge in [-0.25, -0.2) is 0 Å². The van der Waals surface area contributed by atoms with E-state index in [2.05, 4.69) is 19.3 Å². The van der Waals surface area contributed by atoms with Crippen molar-refractivity contribution in [1.29, 1.82) is 0 Å². The van der Waals surface area contributed by atoms with Gasteiger partial charge in [-0.3, -0.25) is 4.90 Å². The van der Waals surface area contributed by atoms with Crippen molar-refractivity contribution in [3.8, 4) is 11.5 Å². The summed E-state index contributed by atoms with van der Waals surface area (Å²) in [5.41, 5.74) is -3.72. The van der Waals surface area contributed by atoms with E-state index < -0.39 is 27.6 Å². The molecule has 1 atom stereocenters. The van der Waals surface area contributed by atoms with E-state index >= 15 is 0 Å². The minimum atomic E-state index is -5.77. The molecule has 2 aliphatic heterocycles. The van der Waals surface area contributed by atoms with Crippen molar-refractivity contribution in [2.24, 2.45) is 0 Å². The van der Waals surface area contributed by atoms with Crippen LogP contribution in [0.4, 0.5) is 24.5 Å². The molecular weight excluding hydrogens is 423 g/mol. The van der Waals surface area contributed by atoms with Crippen molar-refractivity contribution in [1.82, 2.24) is 9.80 Å². The number of nitrogens with one attached hydrogen (secondary N) is 1. The van der Waals surface area contributed by atoms with Crippen molar-refractivity contribution in [2.75, 3.05) is 38.5 Å². The number of nitrogens with zero attached hydrogens (tertiary/aromatic N) is 2. The first-order chi connectivity index (χ1) is 14.1. The van der Waals surface area contributed by atoms with Gasteiger partial charge in [0.25, 0.3) is 0 Å². The topological polar surface area (TPSA) is 71.1 Å². The summed E-state index contributed by atoms with van der Waals surface area (Å²) in [5.74, 6) is 0.157. The Morgan fingerprint density at radius 3 is 2.47 bits per heavy atom. The predicted molar refractivity (Wildman–Crippen MR) is 104 cm³/mol. The van der Waals surface area contributed by atoms with Crippen molar-refractivity contribution in [2.45, 2.75) is 11.7 Å². The summed E-state index contributed by atoms with van der Waals surface area (Å²) in [6.45, 7) is 2.94. The summed E-state index contributed by atoms with van der Waals surface area (Å²) in [7, 11) is -3.77. The largest absolute Gasteiger partial charge is 0.534 e. The van der Waals surface area contributed by atoms with Crippen LogP contribution < -0.4 is 14.2 Å². The van der Waals surface area contributed by atoms with Gasteiger partial charge >= 0.3 is 15.6 Å². The number of piperazine rings is 1. The molecule has 0 saturated carbocycles. The van der Waals surface area contributed by atoms with Crippen LogP contribution in [-0.4, -0.2) is 57.0 Å². The van der Waals surface area contributed by atoms with Gasteiger partial charge in [0.1, 0.15) is 11.5 Å². The molecule has 0 aliphatic carbocycles. The van der Waals surface area contributed by atoms with E-state index in [1.165, 1.54) is 18.2 Å². The lowest BCUT2D eigenvalue weighted by molar-refractivity contribution is -0.0500. The van der Waals surface area contributed by atoms with E-state index in [0.717, 1.165) is 13.1 Å². The van der Waals surface area contributed by atoms with Gasteiger partial charge in [0.15, 0.2) is 6.23 Å². The maximum absolute atomic E-state index is 12.7. The fourth-order valence-corrected chi connectivity index (χ4v) is 3.87. The molecule has 2 heterocycles. The lowest BCUT2D eigenvalue weighted by atomic mass is 10.1. The monoisotopic (exact) mass is 443 g/mol. The van der Waals surface area contributed by atoms with Crippen LogP contribution in [-0.2, 0) is 10.1 Å². The molecule has 1 fully saturated rings. The number of para-hydroxylation sites is 2. The van der Waals surface area contributed by atoms with E-state index in [1.54, 1.807) is 6.07 Å². The van der Waals surface area contributed by atoms with E-state index in [4.69, 9.17) is 4.74 Å². The molecule has 0 radical (unpaired) electrons. The summed E-state index contributed by atoms with van der Waals surface area (Å²) in [6, 6.07) is 11.2. The SMILES string of the molecule is CN1CCN(C2Oc3ccccc3Nc3ccc(OS(=O)(=O)C(F)(F)F)cc32)CC1. The molecule has 1 N–H and O–H groups in total. The van der Waals surface area contributed by atoms with Gasteiger partial charge < -0.3 is 19.1 Å². The molecule has 2 aromatic carbocycles. The van der Waals surface area contributed by atoms with Gasteiger partial charge in [-0.05, 0) is 37.4 Å². The number of alkyl halides is 3. The number of likely N-dealkylation sites (N-methyl/N-ethyl adjacent to an activating group) is 1. The molecule has 1 unspecified atom stereocenters. The molecule has 4 rings (SSSR count). The highest BCUT2D eigenvalue weighted by molar-refractivity contribution is 7.88. The second kappa shape index (κ2) is 7.64. The van der Waals surface area contributed by atoms with Crippen LogP contribution in [0, 0.1) is 0 Å². The summed E-state index contributed by atoms with van der Waals surface area (Å²) in [6.07, 6.45) is -0.623. The molecule has 1 saturated heterocycles. The number of hydrogen-bond acceptors (Lipinski definition) is 7. The number of benzene rings is 2. The Kier molecular flexibility index (Phi) is 5.28. The molecule has 2 aliphatic rings. The van der Waals surface area contributed by atoms with Crippen LogP contribution in [0.1, 0.15) is 11.8 Å². The van der Waals surface area contributed by atoms with Gasteiger partial charge in [0.2, 0.25) is 0 Å². The Bertz CT molecular complexity index is 1040. The third-order valence-corrected chi connectivity index (χ3v) is 6.02. The molecule has 30 heavy (non-hydrogen) atoms. The summed E-state index contributed by atoms with van der Waals surface area (Å²) >= 11 is 0. The number of fused-ring (bicyclic) bond motifs is 2. The molecule has 0 amide bonds. The minimum absolute atomic E-state index is 0.429. The van der Waals surface area contributed by atoms with Gasteiger partial charge in [0, 0.05) is 37.4 Å². The van der Waals surface area contributed by atoms with Crippen LogP contribution in [0.5, 0.6) is 11.5 Å². The van der Waals surface area contributed by atoms with Gasteiger partial charge in [0.05, 0.1) is 5.69 Å². The Hall–Kier alpha value is -2.50. The van der Waals surface area contributed by atoms with Gasteiger partial charge in [-0.15, -0.1) is 0 Å². The first-order valence-electron chi connectivity index (χ1n) is 9.24. The zero-order chi connectivity index (χ0) is 21.5. The van der Waals surface area contributed by atoms with Crippen LogP contribution in [0.15, 0.2) is 42.5 Å². The van der Waals surface area contributed by atoms with E-state index in [-0.39, 0.29) is 0 Å². The number of halogens is 3. The third-order valence-electron chi connectivity index (χ3n) is 5.04. The fourth-order valence-electron chi connectivity index (χ4n) is 3.41. The predicted octanol–water partition coefficient (Wildman–Crippen LogP) is 3.30. The van der Waals surface area contributed by atoms with Gasteiger partial charge in [-0.1, -0.05) is 12.1 Å². The third kappa shape index (κ3) is 4.05. The molecule has 2 aromatic rings. The average molecular weight is 443 g/mol. The highest BCUT2D eigenvalue weighted by Crippen LogP contribution is 2.42. The van der Waals surface area contributed by atoms with E-state index in [0.29, 0.717) is 35.8 Å². The maximum atomic E-state index is 12.7. The van der Waals surface area contributed by atoms with Crippen LogP contribution in [0.25, 0.3) is 0 Å². The number of anilines is 2. The summed E-state index contributed by atoms with van der Waals surface area (Å²) in [5, 5.41) is 3.21. The zero-order valence-electron chi connectivity index (χ0n) is 16.0. The lowest BCUT2D eigenvalue weighted by Gasteiger charge is -2.37. The smallest absolute Gasteiger partial charge is 0.469 e. The molecule has 11 heteroatoms. The Balaban J connectivity index is 1.74. The number of hydrogen-bond donors (Lipinski definition) is 1. The van der Waals surface area contributed by atoms with Crippen molar-refractivity contribution in [3.05, 3.63) is 48.0 Å². The number of rotatable bonds is 3. The summed E-state index contributed by atoms with van der Waals surface area (Å²) in [4.78, 5) is 4.22. The van der Waals surface area contributed by atoms with Crippen LogP contribution in [0.3, 0.4) is 0 Å². The second-order valence-electron chi connectivity index (χ2n) is 7.16. The van der Waals surface area contributed by atoms with Crippen molar-refractivity contribution < 1.29 is 30.5 Å². The van der Waals surface area contributed by atoms with Crippen LogP contribution in [0.2, 0.25) is 0 Å². The normalized spacial score (nSPS) is 20.3. The molecule has 0 aromatic heterocycles. The minimum Gasteiger partial charge on any atom is -0.469 e. The van der Waals surface area contributed by atoms with Crippen molar-refractivity contribution >= 4 is 21.5 Å². The van der Waals surface area contributed by atoms with E-state index in [1.807, 2.05) is 25.2 Å². The first kappa shape index (κ1) is 20.8. The fraction of sp³-hybridized carbons (Fsp3) is 0.368. The number of ether oxygens (including phenoxy) is 1. The Morgan fingerprint density at radius 1 is 1.07 bits per heavy atom. The standard InChI is InChI=1S/C19H20F3N3O4S/c1-24-8-10-25(11-9-24)18-14-12-13(29-30(26,27)19(20,21)22)6-7-15(14)23-16-4-2-3-5-17(16)28-18/h2-7,12,18,23H,8-11H2,1H3. The molecule has 162 valence electrons. The summed E-state index contributed by atoms with van der Waals surface area (Å²) < 4.78 is 71.7. The molecular formula is C19H20F3N3O4S. The Morgan fingerprint density at radius 2 is 1.77 bits per heavy atom. The Labute approximate surface area is 172 Å². The second-order valence-corrected chi connectivity index (χ2v) is 8.70. The maximum Gasteiger partial charge on any atom is 0.534 e. The first-order valence-corrected chi connectivity index (χ1v) is 10.6. The quantitative estimate of drug-likeness (QED) is 0.577. The van der Waals surface area contributed by atoms with E-state index in [9.17, 15) is 21.6 Å².